The Morgan fingerprint density at radius 3 is 2.60 bits per heavy atom. The Kier molecular flexibility index (Phi) is 5.43. The van der Waals surface area contributed by atoms with Crippen molar-refractivity contribution < 1.29 is 22.7 Å². The maximum atomic E-state index is 11.5. The van der Waals surface area contributed by atoms with E-state index in [1.807, 2.05) is 4.89 Å². The Labute approximate surface area is 89.4 Å². The van der Waals surface area contributed by atoms with Crippen molar-refractivity contribution in [2.24, 2.45) is 0 Å². The van der Waals surface area contributed by atoms with Gasteiger partial charge in [-0.3, -0.25) is 4.84 Å². The van der Waals surface area contributed by atoms with Crippen LogP contribution in [0.4, 0.5) is 0 Å². The number of morpholine rings is 1. The third-order valence-electron chi connectivity index (χ3n) is 1.86. The van der Waals surface area contributed by atoms with Crippen LogP contribution in [-0.2, 0) is 24.5 Å². The summed E-state index contributed by atoms with van der Waals surface area (Å²) in [6.07, 6.45) is 0. The molecule has 0 spiro atoms. The summed E-state index contributed by atoms with van der Waals surface area (Å²) in [7, 11) is -2.02. The molecule has 0 saturated carbocycles. The highest BCUT2D eigenvalue weighted by molar-refractivity contribution is 7.87. The smallest absolute Gasteiger partial charge is 0.301 e. The van der Waals surface area contributed by atoms with E-state index in [1.165, 1.54) is 11.4 Å². The van der Waals surface area contributed by atoms with Crippen LogP contribution in [0.3, 0.4) is 0 Å². The first-order chi connectivity index (χ1) is 7.17. The number of hydrogen-bond acceptors (Lipinski definition) is 5. The van der Waals surface area contributed by atoms with Gasteiger partial charge in [-0.2, -0.15) is 12.7 Å². The minimum Gasteiger partial charge on any atom is -0.382 e. The first kappa shape index (κ1) is 12.8. The number of methoxy groups -OCH3 is 1. The summed E-state index contributed by atoms with van der Waals surface area (Å²) in [6, 6.07) is 0. The van der Waals surface area contributed by atoms with Crippen LogP contribution >= 0.6 is 0 Å². The van der Waals surface area contributed by atoms with Gasteiger partial charge in [-0.25, -0.2) is 0 Å². The largest absolute Gasteiger partial charge is 0.382 e. The molecule has 1 heterocycles. The number of ether oxygens (including phenoxy) is 2. The van der Waals surface area contributed by atoms with Crippen molar-refractivity contribution in [1.29, 1.82) is 0 Å². The molecule has 1 N–H and O–H groups in total. The molecule has 0 amide bonds. The van der Waals surface area contributed by atoms with Crippen molar-refractivity contribution in [1.82, 2.24) is 9.19 Å². The molecule has 0 radical (unpaired) electrons. The summed E-state index contributed by atoms with van der Waals surface area (Å²) in [5.41, 5.74) is 0. The average Bonchev–Trinajstić information content (AvgIpc) is 2.26. The monoisotopic (exact) mass is 240 g/mol. The van der Waals surface area contributed by atoms with Crippen LogP contribution in [0, 0.1) is 0 Å². The second kappa shape index (κ2) is 6.36. The normalized spacial score (nSPS) is 19.3. The van der Waals surface area contributed by atoms with Crippen molar-refractivity contribution in [3.05, 3.63) is 0 Å². The Hall–Kier alpha value is -0.250. The molecule has 0 aromatic rings. The fourth-order valence-electron chi connectivity index (χ4n) is 1.08. The van der Waals surface area contributed by atoms with E-state index < -0.39 is 10.2 Å². The van der Waals surface area contributed by atoms with E-state index >= 15 is 0 Å². The molecule has 0 aliphatic carbocycles. The number of rotatable bonds is 6. The van der Waals surface area contributed by atoms with Crippen LogP contribution in [-0.4, -0.2) is 59.3 Å². The lowest BCUT2D eigenvalue weighted by molar-refractivity contribution is 0.0341. The second-order valence-corrected chi connectivity index (χ2v) is 4.57. The lowest BCUT2D eigenvalue weighted by Gasteiger charge is -2.25. The minimum atomic E-state index is -3.54. The maximum absolute atomic E-state index is 11.5. The van der Waals surface area contributed by atoms with Crippen LogP contribution in [0.1, 0.15) is 0 Å². The van der Waals surface area contributed by atoms with Crippen LogP contribution in [0.5, 0.6) is 0 Å². The summed E-state index contributed by atoms with van der Waals surface area (Å²) in [5.74, 6) is 0. The van der Waals surface area contributed by atoms with E-state index in [1.54, 1.807) is 0 Å². The average molecular weight is 240 g/mol. The van der Waals surface area contributed by atoms with E-state index in [0.29, 0.717) is 32.9 Å². The number of nitrogens with one attached hydrogen (secondary N) is 1. The highest BCUT2D eigenvalue weighted by Crippen LogP contribution is 2.02. The molecule has 90 valence electrons. The van der Waals surface area contributed by atoms with E-state index in [2.05, 4.69) is 0 Å². The lowest BCUT2D eigenvalue weighted by atomic mass is 10.5. The minimum absolute atomic E-state index is 0.181. The van der Waals surface area contributed by atoms with E-state index in [4.69, 9.17) is 14.3 Å². The lowest BCUT2D eigenvalue weighted by Crippen LogP contribution is -2.46. The third-order valence-corrected chi connectivity index (χ3v) is 3.24. The zero-order valence-corrected chi connectivity index (χ0v) is 9.46. The molecule has 15 heavy (non-hydrogen) atoms. The van der Waals surface area contributed by atoms with E-state index in [9.17, 15) is 8.42 Å². The maximum Gasteiger partial charge on any atom is 0.301 e. The Morgan fingerprint density at radius 2 is 2.00 bits per heavy atom. The van der Waals surface area contributed by atoms with Crippen molar-refractivity contribution in [3.63, 3.8) is 0 Å². The van der Waals surface area contributed by atoms with Gasteiger partial charge in [0.1, 0.15) is 0 Å². The molecule has 1 aliphatic heterocycles. The molecule has 8 heteroatoms. The van der Waals surface area contributed by atoms with Gasteiger partial charge in [-0.15, -0.1) is 0 Å². The molecule has 0 atom stereocenters. The van der Waals surface area contributed by atoms with Gasteiger partial charge in [0.25, 0.3) is 0 Å². The first-order valence-electron chi connectivity index (χ1n) is 4.62. The molecule has 7 nitrogen and oxygen atoms in total. The van der Waals surface area contributed by atoms with Gasteiger partial charge in [0.05, 0.1) is 26.4 Å². The van der Waals surface area contributed by atoms with Crippen molar-refractivity contribution in [3.8, 4) is 0 Å². The highest BCUT2D eigenvalue weighted by atomic mass is 32.2. The first-order valence-corrected chi connectivity index (χ1v) is 6.06. The van der Waals surface area contributed by atoms with Gasteiger partial charge in [-0.1, -0.05) is 4.89 Å². The summed E-state index contributed by atoms with van der Waals surface area (Å²) in [6.45, 7) is 2.05. The van der Waals surface area contributed by atoms with Gasteiger partial charge in [-0.05, 0) is 0 Å². The Morgan fingerprint density at radius 1 is 1.33 bits per heavy atom. The molecule has 0 unspecified atom stereocenters. The highest BCUT2D eigenvalue weighted by Gasteiger charge is 2.23. The van der Waals surface area contributed by atoms with Gasteiger partial charge < -0.3 is 9.47 Å². The Balaban J connectivity index is 2.30. The summed E-state index contributed by atoms with van der Waals surface area (Å²) in [4.78, 5) is 6.77. The fourth-order valence-corrected chi connectivity index (χ4v) is 2.05. The van der Waals surface area contributed by atoms with Crippen LogP contribution < -0.4 is 4.89 Å². The SMILES string of the molecule is COCCONS(=O)(=O)N1CCOCC1. The zero-order valence-electron chi connectivity index (χ0n) is 8.64. The molecule has 1 fully saturated rings. The zero-order chi connectivity index (χ0) is 11.1. The van der Waals surface area contributed by atoms with E-state index in [0.717, 1.165) is 0 Å². The van der Waals surface area contributed by atoms with Crippen molar-refractivity contribution in [2.45, 2.75) is 0 Å². The van der Waals surface area contributed by atoms with Crippen molar-refractivity contribution in [2.75, 3.05) is 46.6 Å². The molecule has 1 saturated heterocycles. The molecule has 0 aromatic heterocycles. The number of nitrogens with zero attached hydrogens (tertiary/aromatic N) is 1. The predicted octanol–water partition coefficient (Wildman–Crippen LogP) is -1.27. The quantitative estimate of drug-likeness (QED) is 0.463. The van der Waals surface area contributed by atoms with Gasteiger partial charge in [0, 0.05) is 20.2 Å². The second-order valence-electron chi connectivity index (χ2n) is 2.94. The summed E-state index contributed by atoms with van der Waals surface area (Å²) in [5, 5.41) is 0. The van der Waals surface area contributed by atoms with Crippen LogP contribution in [0.2, 0.25) is 0 Å². The van der Waals surface area contributed by atoms with Gasteiger partial charge in [0.15, 0.2) is 0 Å². The standard InChI is InChI=1S/C7H16N2O5S/c1-12-6-7-14-8-15(10,11)9-2-4-13-5-3-9/h8H,2-7H2,1H3. The molecule has 0 aromatic carbocycles. The van der Waals surface area contributed by atoms with Crippen LogP contribution in [0.25, 0.3) is 0 Å². The third kappa shape index (κ3) is 4.41. The Bertz CT molecular complexity index is 263. The molecular formula is C7H16N2O5S. The predicted molar refractivity (Wildman–Crippen MR) is 52.3 cm³/mol. The van der Waals surface area contributed by atoms with E-state index in [-0.39, 0.29) is 6.61 Å². The molecular weight excluding hydrogens is 224 g/mol. The van der Waals surface area contributed by atoms with Crippen molar-refractivity contribution >= 4 is 10.2 Å². The molecule has 1 rings (SSSR count). The number of hydrogen-bond donors (Lipinski definition) is 1. The summed E-state index contributed by atoms with van der Waals surface area (Å²) >= 11 is 0. The molecule has 1 aliphatic rings. The summed E-state index contributed by atoms with van der Waals surface area (Å²) < 4.78 is 34.1. The van der Waals surface area contributed by atoms with Crippen LogP contribution in [0.15, 0.2) is 0 Å². The fraction of sp³-hybridized carbons (Fsp3) is 1.00. The van der Waals surface area contributed by atoms with Gasteiger partial charge in [0.2, 0.25) is 0 Å². The topological polar surface area (TPSA) is 77.1 Å². The van der Waals surface area contributed by atoms with Gasteiger partial charge >= 0.3 is 10.2 Å². The molecule has 0 bridgehead atoms.